The Morgan fingerprint density at radius 3 is 3.11 bits per heavy atom. The van der Waals surface area contributed by atoms with Crippen molar-refractivity contribution in [3.8, 4) is 0 Å². The number of nitrogens with zero attached hydrogens (tertiary/aromatic N) is 2. The highest BCUT2D eigenvalue weighted by Crippen LogP contribution is 2.23. The number of thiazole rings is 1. The Morgan fingerprint density at radius 1 is 1.32 bits per heavy atom. The molecule has 2 heterocycles. The number of nitrogens with one attached hydrogen (secondary N) is 1. The lowest BCUT2D eigenvalue weighted by atomic mass is 10.1. The Morgan fingerprint density at radius 2 is 2.21 bits per heavy atom. The number of benzene rings is 1. The van der Waals surface area contributed by atoms with Gasteiger partial charge in [0, 0.05) is 6.04 Å². The van der Waals surface area contributed by atoms with Gasteiger partial charge in [-0.1, -0.05) is 12.1 Å². The van der Waals surface area contributed by atoms with Crippen LogP contribution in [0.4, 0.5) is 0 Å². The van der Waals surface area contributed by atoms with Crippen LogP contribution < -0.4 is 5.32 Å². The van der Waals surface area contributed by atoms with Gasteiger partial charge in [0.25, 0.3) is 0 Å². The highest BCUT2D eigenvalue weighted by Gasteiger charge is 2.17. The van der Waals surface area contributed by atoms with Crippen LogP contribution >= 0.6 is 11.3 Å². The minimum absolute atomic E-state index is 0.696. The molecule has 0 aliphatic carbocycles. The molecule has 1 atom stereocenters. The Labute approximate surface area is 118 Å². The number of hydrogen-bond acceptors (Lipinski definition) is 4. The molecule has 0 spiro atoms. The molecule has 0 amide bonds. The summed E-state index contributed by atoms with van der Waals surface area (Å²) in [4.78, 5) is 7.21. The fourth-order valence-corrected chi connectivity index (χ4v) is 3.80. The Balaban J connectivity index is 1.69. The van der Waals surface area contributed by atoms with Gasteiger partial charge in [-0.05, 0) is 51.5 Å². The van der Waals surface area contributed by atoms with Crippen LogP contribution in [0.3, 0.4) is 0 Å². The molecule has 0 saturated carbocycles. The number of rotatable bonds is 3. The zero-order valence-corrected chi connectivity index (χ0v) is 12.2. The zero-order chi connectivity index (χ0) is 13.1. The summed E-state index contributed by atoms with van der Waals surface area (Å²) in [6.45, 7) is 3.30. The van der Waals surface area contributed by atoms with Gasteiger partial charge in [-0.3, -0.25) is 4.90 Å². The summed E-state index contributed by atoms with van der Waals surface area (Å²) in [6, 6.07) is 9.11. The second-order valence-corrected chi connectivity index (χ2v) is 6.44. The molecule has 1 aromatic heterocycles. The third kappa shape index (κ3) is 3.14. The zero-order valence-electron chi connectivity index (χ0n) is 11.4. The summed E-state index contributed by atoms with van der Waals surface area (Å²) in [7, 11) is 2.24. The second kappa shape index (κ2) is 5.99. The van der Waals surface area contributed by atoms with E-state index in [-0.39, 0.29) is 0 Å². The molecule has 19 heavy (non-hydrogen) atoms. The smallest absolute Gasteiger partial charge is 0.108 e. The molecule has 1 aliphatic heterocycles. The topological polar surface area (TPSA) is 28.2 Å². The van der Waals surface area contributed by atoms with Crippen molar-refractivity contribution in [2.24, 2.45) is 0 Å². The maximum atomic E-state index is 4.73. The highest BCUT2D eigenvalue weighted by molar-refractivity contribution is 7.18. The SMILES string of the molecule is CN(Cc1nc2ccccc2s1)C1CCCNCC1. The van der Waals surface area contributed by atoms with Gasteiger partial charge in [0.1, 0.15) is 5.01 Å². The second-order valence-electron chi connectivity index (χ2n) is 5.33. The lowest BCUT2D eigenvalue weighted by molar-refractivity contribution is 0.216. The minimum Gasteiger partial charge on any atom is -0.317 e. The van der Waals surface area contributed by atoms with Crippen LogP contribution in [0, 0.1) is 0 Å². The van der Waals surface area contributed by atoms with Crippen LogP contribution in [-0.2, 0) is 6.54 Å². The molecule has 1 N–H and O–H groups in total. The lowest BCUT2D eigenvalue weighted by Gasteiger charge is -2.25. The molecule has 4 heteroatoms. The van der Waals surface area contributed by atoms with Crippen LogP contribution in [0.25, 0.3) is 10.2 Å². The molecule has 0 radical (unpaired) electrons. The van der Waals surface area contributed by atoms with Crippen LogP contribution in [0.2, 0.25) is 0 Å². The van der Waals surface area contributed by atoms with Crippen molar-refractivity contribution in [1.82, 2.24) is 15.2 Å². The fourth-order valence-electron chi connectivity index (χ4n) is 2.77. The normalized spacial score (nSPS) is 20.8. The average molecular weight is 275 g/mol. The summed E-state index contributed by atoms with van der Waals surface area (Å²) in [6.07, 6.45) is 3.84. The van der Waals surface area contributed by atoms with Gasteiger partial charge in [-0.25, -0.2) is 4.98 Å². The minimum atomic E-state index is 0.696. The largest absolute Gasteiger partial charge is 0.317 e. The first kappa shape index (κ1) is 13.0. The number of hydrogen-bond donors (Lipinski definition) is 1. The molecular formula is C15H21N3S. The molecule has 1 saturated heterocycles. The maximum absolute atomic E-state index is 4.73. The van der Waals surface area contributed by atoms with Gasteiger partial charge in [0.15, 0.2) is 0 Å². The summed E-state index contributed by atoms with van der Waals surface area (Å²) in [5.41, 5.74) is 1.14. The van der Waals surface area contributed by atoms with Crippen molar-refractivity contribution in [2.75, 3.05) is 20.1 Å². The number of para-hydroxylation sites is 1. The van der Waals surface area contributed by atoms with Crippen molar-refractivity contribution >= 4 is 21.6 Å². The van der Waals surface area contributed by atoms with Crippen molar-refractivity contribution in [1.29, 1.82) is 0 Å². The van der Waals surface area contributed by atoms with Gasteiger partial charge >= 0.3 is 0 Å². The van der Waals surface area contributed by atoms with E-state index in [9.17, 15) is 0 Å². The summed E-state index contributed by atoms with van der Waals surface area (Å²) < 4.78 is 1.30. The molecule has 1 fully saturated rings. The third-order valence-electron chi connectivity index (χ3n) is 3.89. The molecule has 2 aromatic rings. The summed E-state index contributed by atoms with van der Waals surface area (Å²) in [5.74, 6) is 0. The monoisotopic (exact) mass is 275 g/mol. The number of fused-ring (bicyclic) bond motifs is 1. The standard InChI is InChI=1S/C15H21N3S/c1-18(12-5-4-9-16-10-8-12)11-15-17-13-6-2-3-7-14(13)19-15/h2-3,6-7,12,16H,4-5,8-11H2,1H3. The van der Waals surface area contributed by atoms with E-state index < -0.39 is 0 Å². The van der Waals surface area contributed by atoms with Crippen molar-refractivity contribution in [2.45, 2.75) is 31.8 Å². The van der Waals surface area contributed by atoms with Gasteiger partial charge in [-0.2, -0.15) is 0 Å². The molecular weight excluding hydrogens is 254 g/mol. The van der Waals surface area contributed by atoms with E-state index in [4.69, 9.17) is 4.98 Å². The predicted octanol–water partition coefficient (Wildman–Crippen LogP) is 2.87. The van der Waals surface area contributed by atoms with Crippen LogP contribution in [0.1, 0.15) is 24.3 Å². The summed E-state index contributed by atoms with van der Waals surface area (Å²) >= 11 is 1.83. The Hall–Kier alpha value is -0.970. The van der Waals surface area contributed by atoms with Gasteiger partial charge in [-0.15, -0.1) is 11.3 Å². The Kier molecular flexibility index (Phi) is 4.11. The third-order valence-corrected chi connectivity index (χ3v) is 4.91. The molecule has 3 rings (SSSR count). The van der Waals surface area contributed by atoms with Crippen LogP contribution in [0.15, 0.2) is 24.3 Å². The van der Waals surface area contributed by atoms with Gasteiger partial charge < -0.3 is 5.32 Å². The quantitative estimate of drug-likeness (QED) is 0.933. The first-order chi connectivity index (χ1) is 9.33. The maximum Gasteiger partial charge on any atom is 0.108 e. The first-order valence-corrected chi connectivity index (χ1v) is 7.90. The van der Waals surface area contributed by atoms with Crippen LogP contribution in [-0.4, -0.2) is 36.1 Å². The molecule has 0 bridgehead atoms. The first-order valence-electron chi connectivity index (χ1n) is 7.08. The average Bonchev–Trinajstić information content (AvgIpc) is 2.63. The van der Waals surface area contributed by atoms with Crippen molar-refractivity contribution in [3.63, 3.8) is 0 Å². The van der Waals surface area contributed by atoms with Crippen molar-refractivity contribution < 1.29 is 0 Å². The van der Waals surface area contributed by atoms with E-state index in [0.717, 1.165) is 18.6 Å². The van der Waals surface area contributed by atoms with E-state index in [0.29, 0.717) is 6.04 Å². The fraction of sp³-hybridized carbons (Fsp3) is 0.533. The van der Waals surface area contributed by atoms with Gasteiger partial charge in [0.05, 0.1) is 16.8 Å². The van der Waals surface area contributed by atoms with E-state index in [1.54, 1.807) is 0 Å². The number of aromatic nitrogens is 1. The van der Waals surface area contributed by atoms with E-state index in [1.165, 1.54) is 35.5 Å². The Bertz CT molecular complexity index is 496. The highest BCUT2D eigenvalue weighted by atomic mass is 32.1. The lowest BCUT2D eigenvalue weighted by Crippen LogP contribution is -2.31. The summed E-state index contributed by atoms with van der Waals surface area (Å²) in [5, 5.41) is 4.71. The van der Waals surface area contributed by atoms with Crippen LogP contribution in [0.5, 0.6) is 0 Å². The molecule has 1 unspecified atom stereocenters. The van der Waals surface area contributed by atoms with E-state index in [1.807, 2.05) is 11.3 Å². The van der Waals surface area contributed by atoms with Crippen molar-refractivity contribution in [3.05, 3.63) is 29.3 Å². The van der Waals surface area contributed by atoms with E-state index in [2.05, 4.69) is 41.5 Å². The molecule has 102 valence electrons. The molecule has 1 aliphatic rings. The molecule has 1 aromatic carbocycles. The molecule has 3 nitrogen and oxygen atoms in total. The predicted molar refractivity (Wildman–Crippen MR) is 81.6 cm³/mol. The van der Waals surface area contributed by atoms with E-state index >= 15 is 0 Å². The van der Waals surface area contributed by atoms with Gasteiger partial charge in [0.2, 0.25) is 0 Å².